The van der Waals surface area contributed by atoms with Crippen LogP contribution in [0.25, 0.3) is 0 Å². The lowest BCUT2D eigenvalue weighted by Crippen LogP contribution is -2.52. The van der Waals surface area contributed by atoms with Crippen molar-refractivity contribution in [3.63, 3.8) is 0 Å². The summed E-state index contributed by atoms with van der Waals surface area (Å²) in [5, 5.41) is 4.53. The fourth-order valence-corrected chi connectivity index (χ4v) is 3.74. The number of hydrogen-bond donors (Lipinski definition) is 1. The van der Waals surface area contributed by atoms with E-state index in [9.17, 15) is 4.79 Å². The van der Waals surface area contributed by atoms with Crippen molar-refractivity contribution < 1.29 is 4.79 Å². The minimum absolute atomic E-state index is 0.0657. The summed E-state index contributed by atoms with van der Waals surface area (Å²) >= 11 is 9.75. The van der Waals surface area contributed by atoms with Gasteiger partial charge in [-0.05, 0) is 56.2 Å². The standard InChI is InChI=1S/C16H21BrClNO/c1-11-5-7-16(10-17,8-6-11)19-15(20)13-4-3-12(2)9-14(13)18/h3-4,9,11H,5-8,10H2,1-2H3,(H,19,20). The van der Waals surface area contributed by atoms with Gasteiger partial charge in [0.05, 0.1) is 16.1 Å². The molecule has 0 atom stereocenters. The topological polar surface area (TPSA) is 29.1 Å². The molecule has 1 N–H and O–H groups in total. The zero-order valence-corrected chi connectivity index (χ0v) is 14.4. The highest BCUT2D eigenvalue weighted by molar-refractivity contribution is 9.09. The van der Waals surface area contributed by atoms with Crippen LogP contribution >= 0.6 is 27.5 Å². The Bertz CT molecular complexity index is 495. The summed E-state index contributed by atoms with van der Waals surface area (Å²) in [6.45, 7) is 4.24. The first kappa shape index (κ1) is 15.8. The van der Waals surface area contributed by atoms with Gasteiger partial charge in [-0.3, -0.25) is 4.79 Å². The van der Waals surface area contributed by atoms with E-state index in [0.717, 1.165) is 42.5 Å². The first-order chi connectivity index (χ1) is 9.46. The van der Waals surface area contributed by atoms with E-state index in [4.69, 9.17) is 11.6 Å². The minimum atomic E-state index is -0.127. The molecule has 0 aromatic heterocycles. The second-order valence-corrected chi connectivity index (χ2v) is 7.00. The summed E-state index contributed by atoms with van der Waals surface area (Å²) in [6, 6.07) is 5.56. The van der Waals surface area contributed by atoms with Gasteiger partial charge in [-0.25, -0.2) is 0 Å². The molecule has 4 heteroatoms. The number of halogens is 2. The van der Waals surface area contributed by atoms with Crippen molar-refractivity contribution in [1.29, 1.82) is 0 Å². The van der Waals surface area contributed by atoms with Gasteiger partial charge in [0, 0.05) is 5.33 Å². The van der Waals surface area contributed by atoms with Gasteiger partial charge in [0.15, 0.2) is 0 Å². The number of aryl methyl sites for hydroxylation is 1. The second kappa shape index (κ2) is 6.48. The molecule has 0 radical (unpaired) electrons. The molecule has 1 aromatic carbocycles. The van der Waals surface area contributed by atoms with Crippen LogP contribution in [0.1, 0.15) is 48.5 Å². The number of benzene rings is 1. The number of carbonyl (C=O) groups is 1. The summed E-state index contributed by atoms with van der Waals surface area (Å²) in [6.07, 6.45) is 4.37. The van der Waals surface area contributed by atoms with E-state index in [1.54, 1.807) is 6.07 Å². The maximum atomic E-state index is 12.5. The third kappa shape index (κ3) is 3.56. The first-order valence-corrected chi connectivity index (χ1v) is 8.60. The van der Waals surface area contributed by atoms with Crippen molar-refractivity contribution in [1.82, 2.24) is 5.32 Å². The molecule has 0 aliphatic heterocycles. The molecule has 1 aliphatic carbocycles. The molecule has 1 amide bonds. The Kier molecular flexibility index (Phi) is 5.14. The van der Waals surface area contributed by atoms with E-state index < -0.39 is 0 Å². The van der Waals surface area contributed by atoms with E-state index in [1.165, 1.54) is 0 Å². The molecule has 20 heavy (non-hydrogen) atoms. The molecule has 1 aliphatic rings. The fourth-order valence-electron chi connectivity index (χ4n) is 2.72. The maximum absolute atomic E-state index is 12.5. The Balaban J connectivity index is 2.13. The predicted molar refractivity (Wildman–Crippen MR) is 87.8 cm³/mol. The molecule has 1 fully saturated rings. The van der Waals surface area contributed by atoms with Gasteiger partial charge in [0.2, 0.25) is 0 Å². The Morgan fingerprint density at radius 1 is 1.45 bits per heavy atom. The first-order valence-electron chi connectivity index (χ1n) is 7.10. The Morgan fingerprint density at radius 3 is 2.65 bits per heavy atom. The quantitative estimate of drug-likeness (QED) is 0.778. The number of amides is 1. The van der Waals surface area contributed by atoms with Crippen molar-refractivity contribution in [2.45, 2.75) is 45.1 Å². The van der Waals surface area contributed by atoms with Gasteiger partial charge in [0.25, 0.3) is 5.91 Å². The molecular weight excluding hydrogens is 338 g/mol. The molecule has 1 saturated carbocycles. The lowest BCUT2D eigenvalue weighted by Gasteiger charge is -2.39. The highest BCUT2D eigenvalue weighted by Gasteiger charge is 2.35. The van der Waals surface area contributed by atoms with Crippen molar-refractivity contribution in [3.8, 4) is 0 Å². The molecule has 1 aromatic rings. The summed E-state index contributed by atoms with van der Waals surface area (Å²) in [7, 11) is 0. The van der Waals surface area contributed by atoms with E-state index in [2.05, 4.69) is 28.2 Å². The van der Waals surface area contributed by atoms with Gasteiger partial charge < -0.3 is 5.32 Å². The summed E-state index contributed by atoms with van der Waals surface area (Å²) in [5.41, 5.74) is 1.50. The highest BCUT2D eigenvalue weighted by atomic mass is 79.9. The van der Waals surface area contributed by atoms with Crippen molar-refractivity contribution >= 4 is 33.4 Å². The molecule has 2 nitrogen and oxygen atoms in total. The fraction of sp³-hybridized carbons (Fsp3) is 0.562. The van der Waals surface area contributed by atoms with E-state index in [0.29, 0.717) is 10.6 Å². The lowest BCUT2D eigenvalue weighted by molar-refractivity contribution is 0.0874. The van der Waals surface area contributed by atoms with E-state index in [1.807, 2.05) is 19.1 Å². The summed E-state index contributed by atoms with van der Waals surface area (Å²) < 4.78 is 0. The number of nitrogens with one attached hydrogen (secondary N) is 1. The van der Waals surface area contributed by atoms with Crippen LogP contribution in [0.15, 0.2) is 18.2 Å². The van der Waals surface area contributed by atoms with Crippen molar-refractivity contribution in [2.24, 2.45) is 5.92 Å². The summed E-state index contributed by atoms with van der Waals surface area (Å²) in [4.78, 5) is 12.5. The van der Waals surface area contributed by atoms with Crippen LogP contribution in [-0.2, 0) is 0 Å². The third-order valence-electron chi connectivity index (χ3n) is 4.24. The van der Waals surface area contributed by atoms with Crippen LogP contribution in [0, 0.1) is 12.8 Å². The minimum Gasteiger partial charge on any atom is -0.346 e. The van der Waals surface area contributed by atoms with Gasteiger partial charge >= 0.3 is 0 Å². The van der Waals surface area contributed by atoms with Crippen molar-refractivity contribution in [3.05, 3.63) is 34.3 Å². The van der Waals surface area contributed by atoms with Gasteiger partial charge in [-0.1, -0.05) is 40.5 Å². The lowest BCUT2D eigenvalue weighted by atomic mass is 9.78. The zero-order valence-electron chi connectivity index (χ0n) is 12.0. The molecule has 110 valence electrons. The van der Waals surface area contributed by atoms with Crippen LogP contribution in [0.4, 0.5) is 0 Å². The van der Waals surface area contributed by atoms with Crippen LogP contribution < -0.4 is 5.32 Å². The third-order valence-corrected chi connectivity index (χ3v) is 5.62. The van der Waals surface area contributed by atoms with Crippen molar-refractivity contribution in [2.75, 3.05) is 5.33 Å². The smallest absolute Gasteiger partial charge is 0.253 e. The normalized spacial score (nSPS) is 26.3. The number of alkyl halides is 1. The molecule has 0 bridgehead atoms. The van der Waals surface area contributed by atoms with Gasteiger partial charge in [0.1, 0.15) is 0 Å². The average molecular weight is 359 g/mol. The molecular formula is C16H21BrClNO. The Morgan fingerprint density at radius 2 is 2.10 bits per heavy atom. The maximum Gasteiger partial charge on any atom is 0.253 e. The molecule has 0 heterocycles. The summed E-state index contributed by atoms with van der Waals surface area (Å²) in [5.74, 6) is 0.686. The van der Waals surface area contributed by atoms with Gasteiger partial charge in [-0.15, -0.1) is 0 Å². The number of hydrogen-bond acceptors (Lipinski definition) is 1. The van der Waals surface area contributed by atoms with Crippen LogP contribution in [0.3, 0.4) is 0 Å². The van der Waals surface area contributed by atoms with Crippen LogP contribution in [0.5, 0.6) is 0 Å². The Hall–Kier alpha value is -0.540. The van der Waals surface area contributed by atoms with E-state index in [-0.39, 0.29) is 11.4 Å². The molecule has 0 spiro atoms. The largest absolute Gasteiger partial charge is 0.346 e. The number of rotatable bonds is 3. The van der Waals surface area contributed by atoms with Gasteiger partial charge in [-0.2, -0.15) is 0 Å². The van der Waals surface area contributed by atoms with Crippen LogP contribution in [-0.4, -0.2) is 16.8 Å². The zero-order chi connectivity index (χ0) is 14.8. The second-order valence-electron chi connectivity index (χ2n) is 6.03. The molecule has 0 saturated heterocycles. The van der Waals surface area contributed by atoms with E-state index >= 15 is 0 Å². The Labute approximate surface area is 134 Å². The average Bonchev–Trinajstić information content (AvgIpc) is 2.41. The number of carbonyl (C=O) groups excluding carboxylic acids is 1. The SMILES string of the molecule is Cc1ccc(C(=O)NC2(CBr)CCC(C)CC2)c(Cl)c1. The predicted octanol–water partition coefficient (Wildman–Crippen LogP) is 4.72. The highest BCUT2D eigenvalue weighted by Crippen LogP contribution is 2.33. The van der Waals surface area contributed by atoms with Crippen LogP contribution in [0.2, 0.25) is 5.02 Å². The molecule has 0 unspecified atom stereocenters. The monoisotopic (exact) mass is 357 g/mol. The molecule has 2 rings (SSSR count).